The molecule has 0 radical (unpaired) electrons. The minimum atomic E-state index is 0.275. The Kier molecular flexibility index (Phi) is 3.86. The van der Waals surface area contributed by atoms with Crippen molar-refractivity contribution in [2.45, 2.75) is 6.92 Å². The van der Waals surface area contributed by atoms with E-state index in [1.54, 1.807) is 18.2 Å². The zero-order chi connectivity index (χ0) is 15.0. The van der Waals surface area contributed by atoms with Gasteiger partial charge in [-0.3, -0.25) is 5.43 Å². The van der Waals surface area contributed by atoms with Crippen LogP contribution in [0.2, 0.25) is 10.0 Å². The van der Waals surface area contributed by atoms with Crippen LogP contribution >= 0.6 is 34.5 Å². The van der Waals surface area contributed by atoms with Gasteiger partial charge in [0.15, 0.2) is 0 Å². The number of hydrogen-bond acceptors (Lipinski definition) is 6. The molecule has 3 aromatic rings. The summed E-state index contributed by atoms with van der Waals surface area (Å²) in [5, 5.41) is 1.77. The zero-order valence-electron chi connectivity index (χ0n) is 10.9. The second-order valence-corrected chi connectivity index (χ2v) is 6.33. The number of nitrogens with one attached hydrogen (secondary N) is 1. The summed E-state index contributed by atoms with van der Waals surface area (Å²) in [5.74, 6) is 6.47. The van der Waals surface area contributed by atoms with Crippen molar-refractivity contribution in [2.24, 2.45) is 5.84 Å². The standard InChI is InChI=1S/C13H10Cl2N4OS/c1-6-4-8-11(17-13(19-16)18-12(8)21-6)20-10-5-7(14)2-3-9(10)15/h2-5H,16H2,1H3,(H,17,18,19). The molecule has 0 saturated heterocycles. The molecule has 0 spiro atoms. The first-order chi connectivity index (χ1) is 10.1. The first-order valence-electron chi connectivity index (χ1n) is 5.94. The number of hydrogen-bond donors (Lipinski definition) is 2. The number of thiophene rings is 1. The molecule has 0 amide bonds. The highest BCUT2D eigenvalue weighted by atomic mass is 35.5. The van der Waals surface area contributed by atoms with Crippen molar-refractivity contribution in [3.05, 3.63) is 39.2 Å². The van der Waals surface area contributed by atoms with Crippen molar-refractivity contribution in [2.75, 3.05) is 5.43 Å². The summed E-state index contributed by atoms with van der Waals surface area (Å²) in [6.07, 6.45) is 0. The van der Waals surface area contributed by atoms with Crippen molar-refractivity contribution in [3.63, 3.8) is 0 Å². The summed E-state index contributed by atoms with van der Waals surface area (Å²) in [6.45, 7) is 1.98. The highest BCUT2D eigenvalue weighted by Crippen LogP contribution is 2.36. The number of aryl methyl sites for hydroxylation is 1. The minimum Gasteiger partial charge on any atom is -0.437 e. The summed E-state index contributed by atoms with van der Waals surface area (Å²) < 4.78 is 5.80. The van der Waals surface area contributed by atoms with E-state index in [0.29, 0.717) is 21.7 Å². The van der Waals surface area contributed by atoms with Crippen molar-refractivity contribution in [1.82, 2.24) is 9.97 Å². The molecule has 108 valence electrons. The normalized spacial score (nSPS) is 10.9. The summed E-state index contributed by atoms with van der Waals surface area (Å²) >= 11 is 13.6. The quantitative estimate of drug-likeness (QED) is 0.546. The van der Waals surface area contributed by atoms with Crippen molar-refractivity contribution >= 4 is 50.7 Å². The van der Waals surface area contributed by atoms with Gasteiger partial charge < -0.3 is 4.74 Å². The first kappa shape index (κ1) is 14.3. The van der Waals surface area contributed by atoms with Crippen LogP contribution in [0, 0.1) is 6.92 Å². The maximum Gasteiger partial charge on any atom is 0.241 e. The second-order valence-electron chi connectivity index (χ2n) is 4.25. The number of nitrogens with two attached hydrogens (primary N) is 1. The molecular formula is C13H10Cl2N4OS. The van der Waals surface area contributed by atoms with Crippen molar-refractivity contribution < 1.29 is 4.74 Å². The molecule has 0 aliphatic rings. The Labute approximate surface area is 134 Å². The van der Waals surface area contributed by atoms with Gasteiger partial charge in [-0.1, -0.05) is 23.2 Å². The van der Waals surface area contributed by atoms with E-state index in [0.717, 1.165) is 15.1 Å². The molecule has 2 aromatic heterocycles. The smallest absolute Gasteiger partial charge is 0.241 e. The third-order valence-electron chi connectivity index (χ3n) is 2.71. The lowest BCUT2D eigenvalue weighted by molar-refractivity contribution is 0.469. The van der Waals surface area contributed by atoms with E-state index in [-0.39, 0.29) is 5.95 Å². The van der Waals surface area contributed by atoms with Crippen molar-refractivity contribution in [3.8, 4) is 11.6 Å². The molecule has 0 fully saturated rings. The molecule has 1 aromatic carbocycles. The van der Waals surface area contributed by atoms with E-state index in [1.807, 2.05) is 13.0 Å². The average molecular weight is 341 g/mol. The number of benzene rings is 1. The fourth-order valence-corrected chi connectivity index (χ4v) is 3.01. The highest BCUT2D eigenvalue weighted by molar-refractivity contribution is 7.18. The van der Waals surface area contributed by atoms with Gasteiger partial charge in [0.1, 0.15) is 10.6 Å². The molecule has 0 atom stereocenters. The Hall–Kier alpha value is -1.60. The van der Waals surface area contributed by atoms with Gasteiger partial charge in [-0.25, -0.2) is 10.8 Å². The largest absolute Gasteiger partial charge is 0.437 e. The van der Waals surface area contributed by atoms with Crippen LogP contribution in [0.5, 0.6) is 11.6 Å². The lowest BCUT2D eigenvalue weighted by Crippen LogP contribution is -2.10. The summed E-state index contributed by atoms with van der Waals surface area (Å²) in [4.78, 5) is 10.4. The molecule has 3 rings (SSSR count). The number of aromatic nitrogens is 2. The van der Waals surface area contributed by atoms with Gasteiger partial charge in [0.25, 0.3) is 0 Å². The molecule has 2 heterocycles. The number of anilines is 1. The number of nitrogen functional groups attached to an aromatic ring is 1. The van der Waals surface area contributed by atoms with Crippen LogP contribution in [-0.2, 0) is 0 Å². The topological polar surface area (TPSA) is 73.1 Å². The highest BCUT2D eigenvalue weighted by Gasteiger charge is 2.14. The van der Waals surface area contributed by atoms with E-state index in [2.05, 4.69) is 15.4 Å². The number of nitrogens with zero attached hydrogens (tertiary/aromatic N) is 2. The molecular weight excluding hydrogens is 331 g/mol. The van der Waals surface area contributed by atoms with Gasteiger partial charge in [0.2, 0.25) is 11.8 Å². The lowest BCUT2D eigenvalue weighted by Gasteiger charge is -2.09. The molecule has 21 heavy (non-hydrogen) atoms. The maximum absolute atomic E-state index is 6.11. The molecule has 5 nitrogen and oxygen atoms in total. The van der Waals surface area contributed by atoms with Crippen molar-refractivity contribution in [1.29, 1.82) is 0 Å². The predicted molar refractivity (Wildman–Crippen MR) is 86.5 cm³/mol. The number of halogens is 2. The summed E-state index contributed by atoms with van der Waals surface area (Å²) in [5.41, 5.74) is 2.43. The Morgan fingerprint density at radius 2 is 2.05 bits per heavy atom. The van der Waals surface area contributed by atoms with E-state index in [9.17, 15) is 0 Å². The molecule has 3 N–H and O–H groups in total. The monoisotopic (exact) mass is 340 g/mol. The van der Waals surface area contributed by atoms with Crippen LogP contribution in [0.4, 0.5) is 5.95 Å². The van der Waals surface area contributed by atoms with Gasteiger partial charge in [0, 0.05) is 16.0 Å². The second kappa shape index (κ2) is 5.65. The van der Waals surface area contributed by atoms with Crippen LogP contribution in [0.3, 0.4) is 0 Å². The average Bonchev–Trinajstić information content (AvgIpc) is 2.83. The number of hydrazine groups is 1. The fourth-order valence-electron chi connectivity index (χ4n) is 1.82. The van der Waals surface area contributed by atoms with Crippen LogP contribution in [0.1, 0.15) is 4.88 Å². The van der Waals surface area contributed by atoms with Crippen LogP contribution < -0.4 is 16.0 Å². The minimum absolute atomic E-state index is 0.275. The van der Waals surface area contributed by atoms with Crippen LogP contribution in [0.15, 0.2) is 24.3 Å². The van der Waals surface area contributed by atoms with Crippen LogP contribution in [0.25, 0.3) is 10.2 Å². The molecule has 0 aliphatic heterocycles. The summed E-state index contributed by atoms with van der Waals surface area (Å²) in [7, 11) is 0. The van der Waals surface area contributed by atoms with Gasteiger partial charge in [0.05, 0.1) is 10.4 Å². The van der Waals surface area contributed by atoms with Gasteiger partial charge in [-0.2, -0.15) is 4.98 Å². The molecule has 0 unspecified atom stereocenters. The first-order valence-corrected chi connectivity index (χ1v) is 7.52. The Morgan fingerprint density at radius 1 is 1.24 bits per heavy atom. The van der Waals surface area contributed by atoms with Gasteiger partial charge in [-0.15, -0.1) is 11.3 Å². The predicted octanol–water partition coefficient (Wildman–Crippen LogP) is 4.38. The fraction of sp³-hybridized carbons (Fsp3) is 0.0769. The van der Waals surface area contributed by atoms with Gasteiger partial charge in [-0.05, 0) is 25.1 Å². The van der Waals surface area contributed by atoms with Crippen LogP contribution in [-0.4, -0.2) is 9.97 Å². The number of rotatable bonds is 3. The third kappa shape index (κ3) is 2.89. The van der Waals surface area contributed by atoms with E-state index in [1.165, 1.54) is 11.3 Å². The van der Waals surface area contributed by atoms with Gasteiger partial charge >= 0.3 is 0 Å². The number of fused-ring (bicyclic) bond motifs is 1. The number of ether oxygens (including phenoxy) is 1. The Morgan fingerprint density at radius 3 is 2.81 bits per heavy atom. The third-order valence-corrected chi connectivity index (χ3v) is 4.20. The Balaban J connectivity index is 2.12. The molecule has 0 aliphatic carbocycles. The summed E-state index contributed by atoms with van der Waals surface area (Å²) in [6, 6.07) is 6.94. The zero-order valence-corrected chi connectivity index (χ0v) is 13.2. The maximum atomic E-state index is 6.11. The Bertz CT molecular complexity index is 821. The van der Waals surface area contributed by atoms with E-state index in [4.69, 9.17) is 33.8 Å². The van der Waals surface area contributed by atoms with E-state index >= 15 is 0 Å². The SMILES string of the molecule is Cc1cc2c(Oc3cc(Cl)ccc3Cl)nc(NN)nc2s1. The van der Waals surface area contributed by atoms with E-state index < -0.39 is 0 Å². The molecule has 0 saturated carbocycles. The lowest BCUT2D eigenvalue weighted by atomic mass is 10.3. The molecule has 0 bridgehead atoms. The molecule has 8 heteroatoms.